The third-order valence-electron chi connectivity index (χ3n) is 4.00. The lowest BCUT2D eigenvalue weighted by Gasteiger charge is -2.19. The summed E-state index contributed by atoms with van der Waals surface area (Å²) in [6.07, 6.45) is 0. The number of rotatable bonds is 8. The number of sulfonamides is 1. The van der Waals surface area contributed by atoms with Crippen LogP contribution in [0.15, 0.2) is 47.4 Å². The Balaban J connectivity index is 2.34. The number of ether oxygens (including phenoxy) is 2. The fourth-order valence-corrected chi connectivity index (χ4v) is 3.76. The second-order valence-electron chi connectivity index (χ2n) is 5.83. The van der Waals surface area contributed by atoms with Crippen LogP contribution >= 0.6 is 0 Å². The van der Waals surface area contributed by atoms with Crippen LogP contribution in [0.5, 0.6) is 11.5 Å². The van der Waals surface area contributed by atoms with E-state index < -0.39 is 10.0 Å². The molecule has 0 radical (unpaired) electrons. The van der Waals surface area contributed by atoms with Crippen LogP contribution in [-0.2, 0) is 16.6 Å². The summed E-state index contributed by atoms with van der Waals surface area (Å²) in [5.41, 5.74) is 0.966. The van der Waals surface area contributed by atoms with Crippen molar-refractivity contribution in [2.75, 3.05) is 27.8 Å². The maximum absolute atomic E-state index is 12.9. The molecule has 27 heavy (non-hydrogen) atoms. The van der Waals surface area contributed by atoms with Crippen molar-refractivity contribution in [2.45, 2.75) is 18.4 Å². The Kier molecular flexibility index (Phi) is 6.81. The molecule has 146 valence electrons. The van der Waals surface area contributed by atoms with E-state index in [2.05, 4.69) is 5.32 Å². The van der Waals surface area contributed by atoms with E-state index in [9.17, 15) is 13.2 Å². The highest BCUT2D eigenvalue weighted by Crippen LogP contribution is 2.25. The third-order valence-corrected chi connectivity index (χ3v) is 5.80. The van der Waals surface area contributed by atoms with Gasteiger partial charge in [-0.25, -0.2) is 8.42 Å². The number of hydrogen-bond acceptors (Lipinski definition) is 5. The van der Waals surface area contributed by atoms with Crippen molar-refractivity contribution in [2.24, 2.45) is 0 Å². The molecule has 0 aliphatic heterocycles. The van der Waals surface area contributed by atoms with Crippen LogP contribution in [0.3, 0.4) is 0 Å². The Morgan fingerprint density at radius 3 is 2.48 bits per heavy atom. The molecule has 0 aliphatic carbocycles. The van der Waals surface area contributed by atoms with Crippen LogP contribution in [0, 0.1) is 0 Å². The monoisotopic (exact) mass is 392 g/mol. The lowest BCUT2D eigenvalue weighted by Crippen LogP contribution is -2.27. The Bertz CT molecular complexity index is 912. The van der Waals surface area contributed by atoms with Crippen LogP contribution in [0.4, 0.5) is 0 Å². The summed E-state index contributed by atoms with van der Waals surface area (Å²) in [6.45, 7) is 2.38. The van der Waals surface area contributed by atoms with Gasteiger partial charge in [0.1, 0.15) is 11.5 Å². The normalized spacial score (nSPS) is 11.3. The van der Waals surface area contributed by atoms with Gasteiger partial charge in [-0.3, -0.25) is 4.79 Å². The number of nitrogens with one attached hydrogen (secondary N) is 1. The minimum absolute atomic E-state index is 0.0231. The lowest BCUT2D eigenvalue weighted by atomic mass is 10.2. The Hall–Kier alpha value is -2.58. The van der Waals surface area contributed by atoms with Crippen molar-refractivity contribution in [1.82, 2.24) is 9.62 Å². The van der Waals surface area contributed by atoms with Gasteiger partial charge in [-0.2, -0.15) is 4.31 Å². The highest BCUT2D eigenvalue weighted by Gasteiger charge is 2.24. The summed E-state index contributed by atoms with van der Waals surface area (Å²) in [5, 5.41) is 2.66. The summed E-state index contributed by atoms with van der Waals surface area (Å²) in [6, 6.07) is 11.4. The largest absolute Gasteiger partial charge is 0.497 e. The zero-order valence-corrected chi connectivity index (χ0v) is 16.7. The minimum Gasteiger partial charge on any atom is -0.497 e. The van der Waals surface area contributed by atoms with E-state index in [-0.39, 0.29) is 22.9 Å². The molecule has 1 N–H and O–H groups in total. The van der Waals surface area contributed by atoms with E-state index >= 15 is 0 Å². The van der Waals surface area contributed by atoms with Crippen molar-refractivity contribution in [3.8, 4) is 11.5 Å². The van der Waals surface area contributed by atoms with Crippen molar-refractivity contribution >= 4 is 15.9 Å². The number of methoxy groups -OCH3 is 2. The third kappa shape index (κ3) is 4.78. The molecular weight excluding hydrogens is 368 g/mol. The van der Waals surface area contributed by atoms with E-state index in [0.29, 0.717) is 18.0 Å². The topological polar surface area (TPSA) is 84.9 Å². The number of nitrogens with zero attached hydrogens (tertiary/aromatic N) is 1. The van der Waals surface area contributed by atoms with E-state index in [1.807, 2.05) is 6.07 Å². The van der Waals surface area contributed by atoms with E-state index in [1.165, 1.54) is 36.7 Å². The number of hydrogen-bond donors (Lipinski definition) is 1. The quantitative estimate of drug-likeness (QED) is 0.745. The van der Waals surface area contributed by atoms with Gasteiger partial charge >= 0.3 is 0 Å². The van der Waals surface area contributed by atoms with Gasteiger partial charge in [-0.1, -0.05) is 12.1 Å². The van der Waals surface area contributed by atoms with Gasteiger partial charge in [0.15, 0.2) is 0 Å². The molecule has 0 heterocycles. The zero-order valence-electron chi connectivity index (χ0n) is 15.9. The molecule has 0 spiro atoms. The van der Waals surface area contributed by atoms with Gasteiger partial charge in [-0.15, -0.1) is 0 Å². The van der Waals surface area contributed by atoms with Gasteiger partial charge in [0.05, 0.1) is 24.7 Å². The number of carbonyl (C=O) groups excluding carboxylic acids is 1. The highest BCUT2D eigenvalue weighted by atomic mass is 32.2. The number of carbonyl (C=O) groups is 1. The first-order valence-electron chi connectivity index (χ1n) is 8.39. The van der Waals surface area contributed by atoms with Gasteiger partial charge in [0.25, 0.3) is 5.91 Å². The Morgan fingerprint density at radius 1 is 1.11 bits per heavy atom. The van der Waals surface area contributed by atoms with E-state index in [1.54, 1.807) is 32.2 Å². The molecule has 8 heteroatoms. The fourth-order valence-electron chi connectivity index (χ4n) is 2.57. The standard InChI is InChI=1S/C19H24N2O5S/c1-5-20-19(22)17-12-16(9-10-18(17)26-4)27(23,24)21(2)13-14-7-6-8-15(11-14)25-3/h6-12H,5,13H2,1-4H3,(H,20,22). The van der Waals surface area contributed by atoms with Crippen LogP contribution in [-0.4, -0.2) is 46.4 Å². The molecule has 2 aromatic rings. The molecule has 1 amide bonds. The first kappa shape index (κ1) is 20.7. The molecule has 2 aromatic carbocycles. The molecule has 0 saturated carbocycles. The van der Waals surface area contributed by atoms with E-state index in [0.717, 1.165) is 5.56 Å². The molecule has 0 aliphatic rings. The first-order chi connectivity index (χ1) is 12.8. The minimum atomic E-state index is -3.80. The summed E-state index contributed by atoms with van der Waals surface area (Å²) in [5.74, 6) is 0.582. The first-order valence-corrected chi connectivity index (χ1v) is 9.83. The van der Waals surface area contributed by atoms with Gasteiger partial charge in [-0.05, 0) is 42.8 Å². The van der Waals surface area contributed by atoms with Gasteiger partial charge in [0, 0.05) is 20.1 Å². The van der Waals surface area contributed by atoms with Crippen molar-refractivity contribution < 1.29 is 22.7 Å². The fraction of sp³-hybridized carbons (Fsp3) is 0.316. The van der Waals surface area contributed by atoms with Crippen molar-refractivity contribution in [3.05, 3.63) is 53.6 Å². The molecule has 0 aromatic heterocycles. The molecule has 7 nitrogen and oxygen atoms in total. The SMILES string of the molecule is CCNC(=O)c1cc(S(=O)(=O)N(C)Cc2cccc(OC)c2)ccc1OC. The maximum Gasteiger partial charge on any atom is 0.255 e. The van der Waals surface area contributed by atoms with Crippen LogP contribution in [0.25, 0.3) is 0 Å². The summed E-state index contributed by atoms with van der Waals surface area (Å²) >= 11 is 0. The second-order valence-corrected chi connectivity index (χ2v) is 7.88. The number of benzene rings is 2. The second kappa shape index (κ2) is 8.88. The van der Waals surface area contributed by atoms with Crippen LogP contribution in [0.2, 0.25) is 0 Å². The maximum atomic E-state index is 12.9. The molecular formula is C19H24N2O5S. The lowest BCUT2D eigenvalue weighted by molar-refractivity contribution is 0.0952. The molecule has 0 fully saturated rings. The highest BCUT2D eigenvalue weighted by molar-refractivity contribution is 7.89. The molecule has 0 atom stereocenters. The summed E-state index contributed by atoms with van der Waals surface area (Å²) < 4.78 is 37.5. The van der Waals surface area contributed by atoms with Gasteiger partial charge < -0.3 is 14.8 Å². The molecule has 2 rings (SSSR count). The molecule has 0 unspecified atom stereocenters. The average Bonchev–Trinajstić information content (AvgIpc) is 2.67. The molecule has 0 bridgehead atoms. The summed E-state index contributed by atoms with van der Waals surface area (Å²) in [7, 11) is 0.682. The Labute approximate surface area is 160 Å². The summed E-state index contributed by atoms with van der Waals surface area (Å²) in [4.78, 5) is 12.2. The van der Waals surface area contributed by atoms with E-state index in [4.69, 9.17) is 9.47 Å². The number of amides is 1. The smallest absolute Gasteiger partial charge is 0.255 e. The Morgan fingerprint density at radius 2 is 1.85 bits per heavy atom. The average molecular weight is 392 g/mol. The predicted molar refractivity (Wildman–Crippen MR) is 103 cm³/mol. The zero-order chi connectivity index (χ0) is 20.0. The van der Waals surface area contributed by atoms with Crippen molar-refractivity contribution in [1.29, 1.82) is 0 Å². The van der Waals surface area contributed by atoms with Gasteiger partial charge in [0.2, 0.25) is 10.0 Å². The molecule has 0 saturated heterocycles. The van der Waals surface area contributed by atoms with Crippen molar-refractivity contribution in [3.63, 3.8) is 0 Å². The predicted octanol–water partition coefficient (Wildman–Crippen LogP) is 2.27. The van der Waals surface area contributed by atoms with Crippen LogP contribution < -0.4 is 14.8 Å². The van der Waals surface area contributed by atoms with Crippen LogP contribution in [0.1, 0.15) is 22.8 Å².